The number of carbonyl (C=O) groups is 2. The number of hydrogen-bond donors (Lipinski definition) is 0. The Labute approximate surface area is 132 Å². The molecule has 2 aliphatic rings. The molecule has 1 aromatic rings. The molecule has 0 aromatic heterocycles. The van der Waals surface area contributed by atoms with Gasteiger partial charge in [-0.25, -0.2) is 0 Å². The second-order valence-electron chi connectivity index (χ2n) is 6.59. The van der Waals surface area contributed by atoms with E-state index < -0.39 is 0 Å². The van der Waals surface area contributed by atoms with Gasteiger partial charge < -0.3 is 9.80 Å². The number of likely N-dealkylation sites (tertiary alicyclic amines) is 1. The zero-order valence-corrected chi connectivity index (χ0v) is 13.6. The van der Waals surface area contributed by atoms with Crippen LogP contribution in [0.5, 0.6) is 0 Å². The van der Waals surface area contributed by atoms with E-state index in [0.717, 1.165) is 18.5 Å². The lowest BCUT2D eigenvalue weighted by atomic mass is 10.1. The van der Waals surface area contributed by atoms with E-state index >= 15 is 0 Å². The normalized spacial score (nSPS) is 25.5. The third-order valence-electron chi connectivity index (χ3n) is 5.08. The van der Waals surface area contributed by atoms with Gasteiger partial charge in [0.1, 0.15) is 0 Å². The highest BCUT2D eigenvalue weighted by Gasteiger charge is 2.41. The summed E-state index contributed by atoms with van der Waals surface area (Å²) in [7, 11) is 0. The highest BCUT2D eigenvalue weighted by molar-refractivity contribution is 6.01. The zero-order valence-electron chi connectivity index (χ0n) is 13.6. The van der Waals surface area contributed by atoms with Gasteiger partial charge in [-0.05, 0) is 38.3 Å². The molecular weight excluding hydrogens is 276 g/mol. The number of fused-ring (bicyclic) bond motifs is 1. The molecule has 1 fully saturated rings. The molecule has 0 N–H and O–H groups in total. The number of carbonyl (C=O) groups excluding carboxylic acids is 2. The summed E-state index contributed by atoms with van der Waals surface area (Å²) >= 11 is 0. The fourth-order valence-corrected chi connectivity index (χ4v) is 3.64. The number of para-hydroxylation sites is 1. The fourth-order valence-electron chi connectivity index (χ4n) is 3.64. The van der Waals surface area contributed by atoms with Crippen molar-refractivity contribution in [2.45, 2.75) is 52.1 Å². The SMILES string of the molecule is CCC(C)N1CC(C(=O)N2c3ccccc3CC2C)CC1=O. The number of hydrogen-bond acceptors (Lipinski definition) is 2. The quantitative estimate of drug-likeness (QED) is 0.861. The molecule has 22 heavy (non-hydrogen) atoms. The van der Waals surface area contributed by atoms with Crippen molar-refractivity contribution in [2.24, 2.45) is 5.92 Å². The average molecular weight is 300 g/mol. The van der Waals surface area contributed by atoms with Crippen LogP contribution in [0.25, 0.3) is 0 Å². The van der Waals surface area contributed by atoms with Crippen LogP contribution in [0.3, 0.4) is 0 Å². The van der Waals surface area contributed by atoms with E-state index in [4.69, 9.17) is 0 Å². The number of rotatable bonds is 3. The van der Waals surface area contributed by atoms with Crippen LogP contribution in [0, 0.1) is 5.92 Å². The maximum atomic E-state index is 13.0. The maximum Gasteiger partial charge on any atom is 0.232 e. The van der Waals surface area contributed by atoms with Crippen LogP contribution in [0.2, 0.25) is 0 Å². The van der Waals surface area contributed by atoms with E-state index in [1.807, 2.05) is 28.0 Å². The third-order valence-corrected chi connectivity index (χ3v) is 5.08. The molecule has 2 heterocycles. The minimum absolute atomic E-state index is 0.108. The van der Waals surface area contributed by atoms with Gasteiger partial charge in [0.15, 0.2) is 0 Å². The first kappa shape index (κ1) is 15.1. The molecule has 4 nitrogen and oxygen atoms in total. The predicted molar refractivity (Wildman–Crippen MR) is 86.7 cm³/mol. The molecule has 0 bridgehead atoms. The van der Waals surface area contributed by atoms with Crippen LogP contribution >= 0.6 is 0 Å². The Morgan fingerprint density at radius 1 is 1.32 bits per heavy atom. The van der Waals surface area contributed by atoms with E-state index in [1.165, 1.54) is 5.56 Å². The highest BCUT2D eigenvalue weighted by atomic mass is 16.2. The number of amides is 2. The summed E-state index contributed by atoms with van der Waals surface area (Å²) in [6, 6.07) is 8.49. The van der Waals surface area contributed by atoms with E-state index in [9.17, 15) is 9.59 Å². The lowest BCUT2D eigenvalue weighted by molar-refractivity contribution is -0.130. The smallest absolute Gasteiger partial charge is 0.232 e. The summed E-state index contributed by atoms with van der Waals surface area (Å²) in [5.74, 6) is 0.0274. The van der Waals surface area contributed by atoms with Crippen molar-refractivity contribution in [1.29, 1.82) is 0 Å². The average Bonchev–Trinajstić information content (AvgIpc) is 3.05. The Balaban J connectivity index is 1.79. The van der Waals surface area contributed by atoms with E-state index in [2.05, 4.69) is 26.8 Å². The van der Waals surface area contributed by atoms with Crippen LogP contribution in [0.15, 0.2) is 24.3 Å². The van der Waals surface area contributed by atoms with Crippen LogP contribution in [-0.2, 0) is 16.0 Å². The minimum Gasteiger partial charge on any atom is -0.339 e. The molecule has 1 aromatic carbocycles. The topological polar surface area (TPSA) is 40.6 Å². The molecule has 4 heteroatoms. The van der Waals surface area contributed by atoms with E-state index in [0.29, 0.717) is 13.0 Å². The Morgan fingerprint density at radius 3 is 2.77 bits per heavy atom. The van der Waals surface area contributed by atoms with Gasteiger partial charge in [-0.2, -0.15) is 0 Å². The summed E-state index contributed by atoms with van der Waals surface area (Å²) < 4.78 is 0. The standard InChI is InChI=1S/C18H24N2O2/c1-4-12(2)19-11-15(10-17(19)21)18(22)20-13(3)9-14-7-5-6-8-16(14)20/h5-8,12-13,15H,4,9-11H2,1-3H3. The van der Waals surface area contributed by atoms with Crippen LogP contribution in [0.4, 0.5) is 5.69 Å². The molecule has 0 saturated carbocycles. The lowest BCUT2D eigenvalue weighted by Crippen LogP contribution is -2.41. The van der Waals surface area contributed by atoms with Crippen molar-refractivity contribution in [3.05, 3.63) is 29.8 Å². The lowest BCUT2D eigenvalue weighted by Gasteiger charge is -2.27. The van der Waals surface area contributed by atoms with Gasteiger partial charge in [0.25, 0.3) is 0 Å². The van der Waals surface area contributed by atoms with Crippen LogP contribution in [-0.4, -0.2) is 35.3 Å². The molecule has 0 radical (unpaired) electrons. The second-order valence-corrected chi connectivity index (χ2v) is 6.59. The fraction of sp³-hybridized carbons (Fsp3) is 0.556. The summed E-state index contributed by atoms with van der Waals surface area (Å²) in [6.07, 6.45) is 2.18. The second kappa shape index (κ2) is 5.75. The number of benzene rings is 1. The largest absolute Gasteiger partial charge is 0.339 e. The Bertz CT molecular complexity index is 599. The first-order valence-electron chi connectivity index (χ1n) is 8.23. The van der Waals surface area contributed by atoms with Gasteiger partial charge in [0, 0.05) is 30.7 Å². The molecule has 2 aliphatic heterocycles. The molecule has 118 valence electrons. The molecule has 3 atom stereocenters. The third kappa shape index (κ3) is 2.40. The van der Waals surface area contributed by atoms with Gasteiger partial charge in [-0.1, -0.05) is 25.1 Å². The molecule has 2 amide bonds. The first-order valence-corrected chi connectivity index (χ1v) is 8.23. The van der Waals surface area contributed by atoms with E-state index in [1.54, 1.807) is 0 Å². The van der Waals surface area contributed by atoms with Crippen molar-refractivity contribution in [1.82, 2.24) is 4.90 Å². The zero-order chi connectivity index (χ0) is 15.9. The molecule has 0 aliphatic carbocycles. The monoisotopic (exact) mass is 300 g/mol. The van der Waals surface area contributed by atoms with Gasteiger partial charge in [-0.15, -0.1) is 0 Å². The summed E-state index contributed by atoms with van der Waals surface area (Å²) in [4.78, 5) is 28.9. The van der Waals surface area contributed by atoms with Crippen molar-refractivity contribution >= 4 is 17.5 Å². The van der Waals surface area contributed by atoms with Gasteiger partial charge in [-0.3, -0.25) is 9.59 Å². The molecule has 3 unspecified atom stereocenters. The van der Waals surface area contributed by atoms with Crippen molar-refractivity contribution < 1.29 is 9.59 Å². The predicted octanol–water partition coefficient (Wildman–Crippen LogP) is 2.61. The van der Waals surface area contributed by atoms with Crippen LogP contribution in [0.1, 0.15) is 39.2 Å². The maximum absolute atomic E-state index is 13.0. The molecule has 0 spiro atoms. The first-order chi connectivity index (χ1) is 10.5. The highest BCUT2D eigenvalue weighted by Crippen LogP contribution is 2.34. The Morgan fingerprint density at radius 2 is 2.05 bits per heavy atom. The Kier molecular flexibility index (Phi) is 3.94. The molecular formula is C18H24N2O2. The van der Waals surface area contributed by atoms with Crippen molar-refractivity contribution in [3.8, 4) is 0 Å². The van der Waals surface area contributed by atoms with E-state index in [-0.39, 0.29) is 29.8 Å². The number of anilines is 1. The van der Waals surface area contributed by atoms with Crippen molar-refractivity contribution in [2.75, 3.05) is 11.4 Å². The molecule has 1 saturated heterocycles. The van der Waals surface area contributed by atoms with Gasteiger partial charge >= 0.3 is 0 Å². The Hall–Kier alpha value is -1.84. The number of nitrogens with zero attached hydrogens (tertiary/aromatic N) is 2. The van der Waals surface area contributed by atoms with Crippen molar-refractivity contribution in [3.63, 3.8) is 0 Å². The minimum atomic E-state index is -0.199. The van der Waals surface area contributed by atoms with Gasteiger partial charge in [0.2, 0.25) is 11.8 Å². The summed E-state index contributed by atoms with van der Waals surface area (Å²) in [5.41, 5.74) is 2.25. The summed E-state index contributed by atoms with van der Waals surface area (Å²) in [6.45, 7) is 6.78. The van der Waals surface area contributed by atoms with Crippen LogP contribution < -0.4 is 4.90 Å². The molecule has 3 rings (SSSR count). The van der Waals surface area contributed by atoms with Gasteiger partial charge in [0.05, 0.1) is 5.92 Å². The summed E-state index contributed by atoms with van der Waals surface area (Å²) in [5, 5.41) is 0.